The number of halogens is 3. The zero-order chi connectivity index (χ0) is 20.3. The highest BCUT2D eigenvalue weighted by atomic mass is 19.4. The van der Waals surface area contributed by atoms with Crippen LogP contribution in [0.5, 0.6) is 0 Å². The topological polar surface area (TPSA) is 92.8 Å². The normalized spacial score (nSPS) is 26.4. The molecule has 1 aromatic heterocycles. The van der Waals surface area contributed by atoms with Gasteiger partial charge in [0.05, 0.1) is 26.5 Å². The summed E-state index contributed by atoms with van der Waals surface area (Å²) in [5.74, 6) is -0.393. The second kappa shape index (κ2) is 8.31. The van der Waals surface area contributed by atoms with Crippen LogP contribution in [0.15, 0.2) is 18.3 Å². The van der Waals surface area contributed by atoms with Crippen molar-refractivity contribution in [3.8, 4) is 0 Å². The van der Waals surface area contributed by atoms with Crippen LogP contribution in [0.1, 0.15) is 24.3 Å². The highest BCUT2D eigenvalue weighted by molar-refractivity contribution is 5.83. The lowest BCUT2D eigenvalue weighted by atomic mass is 9.88. The highest BCUT2D eigenvalue weighted by Crippen LogP contribution is 2.34. The number of amides is 2. The number of aromatic nitrogens is 1. The lowest BCUT2D eigenvalue weighted by Gasteiger charge is -2.44. The number of hydrogen-bond donors (Lipinski definition) is 2. The molecule has 1 aromatic rings. The van der Waals surface area contributed by atoms with E-state index in [2.05, 4.69) is 20.4 Å². The number of pyridine rings is 1. The monoisotopic (exact) mass is 402 g/mol. The van der Waals surface area contributed by atoms with Gasteiger partial charge < -0.3 is 14.8 Å². The van der Waals surface area contributed by atoms with E-state index in [9.17, 15) is 22.8 Å². The maximum Gasteiger partial charge on any atom is 0.412 e. The molecule has 28 heavy (non-hydrogen) atoms. The van der Waals surface area contributed by atoms with E-state index in [-0.39, 0.29) is 37.2 Å². The van der Waals surface area contributed by atoms with E-state index in [1.807, 2.05) is 0 Å². The van der Waals surface area contributed by atoms with Gasteiger partial charge in [-0.3, -0.25) is 15.0 Å². The molecule has 154 valence electrons. The number of ether oxygens (including phenoxy) is 2. The first-order valence-electron chi connectivity index (χ1n) is 8.78. The fourth-order valence-electron chi connectivity index (χ4n) is 3.55. The molecule has 8 nitrogen and oxygen atoms in total. The third-order valence-electron chi connectivity index (χ3n) is 4.89. The van der Waals surface area contributed by atoms with E-state index < -0.39 is 31.1 Å². The van der Waals surface area contributed by atoms with Crippen LogP contribution < -0.4 is 10.6 Å². The molecule has 2 N–H and O–H groups in total. The second-order valence-electron chi connectivity index (χ2n) is 6.68. The van der Waals surface area contributed by atoms with Crippen molar-refractivity contribution < 1.29 is 32.2 Å². The standard InChI is InChI=1S/C17H21F3N4O4/c1-27-16(26)22-13-6-10(2-3-21-13)11-7-14(23-15(25)8-11)24-4-5-28-9-12(24)17(18,19)20/h2-3,6,11-12,14H,4-5,7-9H2,1H3,(H,23,25)(H,21,22,26). The van der Waals surface area contributed by atoms with Crippen LogP contribution in [0.3, 0.4) is 0 Å². The molecule has 3 rings (SSSR count). The van der Waals surface area contributed by atoms with Gasteiger partial charge in [-0.15, -0.1) is 0 Å². The molecule has 3 unspecified atom stereocenters. The minimum Gasteiger partial charge on any atom is -0.453 e. The molecule has 0 aromatic carbocycles. The molecule has 2 saturated heterocycles. The molecule has 3 atom stereocenters. The minimum absolute atomic E-state index is 0.0767. The van der Waals surface area contributed by atoms with Gasteiger partial charge >= 0.3 is 12.3 Å². The van der Waals surface area contributed by atoms with Gasteiger partial charge in [0.15, 0.2) is 0 Å². The van der Waals surface area contributed by atoms with Crippen molar-refractivity contribution >= 4 is 17.8 Å². The Balaban J connectivity index is 1.78. The Bertz CT molecular complexity index is 731. The van der Waals surface area contributed by atoms with Gasteiger partial charge in [-0.25, -0.2) is 9.78 Å². The molecule has 0 saturated carbocycles. The Kier molecular flexibility index (Phi) is 6.04. The number of morpholine rings is 1. The highest BCUT2D eigenvalue weighted by Gasteiger charge is 2.48. The SMILES string of the molecule is COC(=O)Nc1cc(C2CC(=O)NC(N3CCOCC3C(F)(F)F)C2)ccn1. The summed E-state index contributed by atoms with van der Waals surface area (Å²) in [4.78, 5) is 28.8. The fourth-order valence-corrected chi connectivity index (χ4v) is 3.55. The molecule has 11 heteroatoms. The van der Waals surface area contributed by atoms with E-state index in [1.54, 1.807) is 12.1 Å². The first kappa shape index (κ1) is 20.3. The molecule has 0 bridgehead atoms. The van der Waals surface area contributed by atoms with Crippen molar-refractivity contribution in [2.45, 2.75) is 37.1 Å². The Morgan fingerprint density at radius 2 is 2.25 bits per heavy atom. The number of piperidine rings is 1. The van der Waals surface area contributed by atoms with Gasteiger partial charge in [-0.1, -0.05) is 0 Å². The number of anilines is 1. The largest absolute Gasteiger partial charge is 0.453 e. The zero-order valence-electron chi connectivity index (χ0n) is 15.2. The molecular weight excluding hydrogens is 381 g/mol. The second-order valence-corrected chi connectivity index (χ2v) is 6.68. The van der Waals surface area contributed by atoms with Crippen LogP contribution >= 0.6 is 0 Å². The quantitative estimate of drug-likeness (QED) is 0.802. The Labute approximate surface area is 159 Å². The van der Waals surface area contributed by atoms with E-state index in [0.717, 1.165) is 0 Å². The minimum atomic E-state index is -4.45. The molecule has 2 aliphatic rings. The average Bonchev–Trinajstić information content (AvgIpc) is 2.67. The van der Waals surface area contributed by atoms with Crippen LogP contribution in [0.2, 0.25) is 0 Å². The zero-order valence-corrected chi connectivity index (χ0v) is 15.2. The molecule has 0 spiro atoms. The summed E-state index contributed by atoms with van der Waals surface area (Å²) in [6, 6.07) is 1.51. The van der Waals surface area contributed by atoms with Crippen molar-refractivity contribution in [1.29, 1.82) is 0 Å². The third kappa shape index (κ3) is 4.71. The lowest BCUT2D eigenvalue weighted by molar-refractivity contribution is -0.221. The molecule has 0 radical (unpaired) electrons. The summed E-state index contributed by atoms with van der Waals surface area (Å²) in [6.45, 7) is -0.206. The van der Waals surface area contributed by atoms with Crippen LogP contribution in [0, 0.1) is 0 Å². The molecule has 0 aliphatic carbocycles. The summed E-state index contributed by atoms with van der Waals surface area (Å²) >= 11 is 0. The van der Waals surface area contributed by atoms with Crippen molar-refractivity contribution in [3.63, 3.8) is 0 Å². The van der Waals surface area contributed by atoms with Gasteiger partial charge in [0, 0.05) is 19.2 Å². The summed E-state index contributed by atoms with van der Waals surface area (Å²) in [6.07, 6.45) is -3.99. The van der Waals surface area contributed by atoms with Crippen molar-refractivity contribution in [1.82, 2.24) is 15.2 Å². The van der Waals surface area contributed by atoms with Gasteiger partial charge in [-0.2, -0.15) is 13.2 Å². The fraction of sp³-hybridized carbons (Fsp3) is 0.588. The smallest absolute Gasteiger partial charge is 0.412 e. The van der Waals surface area contributed by atoms with E-state index in [4.69, 9.17) is 4.74 Å². The van der Waals surface area contributed by atoms with E-state index in [0.29, 0.717) is 12.0 Å². The number of nitrogens with one attached hydrogen (secondary N) is 2. The van der Waals surface area contributed by atoms with E-state index in [1.165, 1.54) is 18.2 Å². The van der Waals surface area contributed by atoms with Crippen molar-refractivity contribution in [2.75, 3.05) is 32.2 Å². The summed E-state index contributed by atoms with van der Waals surface area (Å²) in [5, 5.41) is 5.11. The van der Waals surface area contributed by atoms with Crippen molar-refractivity contribution in [2.24, 2.45) is 0 Å². The number of nitrogens with zero attached hydrogens (tertiary/aromatic N) is 2. The van der Waals surface area contributed by atoms with E-state index >= 15 is 0 Å². The van der Waals surface area contributed by atoms with Crippen LogP contribution in [-0.2, 0) is 14.3 Å². The predicted octanol–water partition coefficient (Wildman–Crippen LogP) is 1.84. The summed E-state index contributed by atoms with van der Waals surface area (Å²) in [7, 11) is 1.22. The number of carbonyl (C=O) groups is 2. The van der Waals surface area contributed by atoms with Gasteiger partial charge in [0.25, 0.3) is 0 Å². The van der Waals surface area contributed by atoms with Crippen molar-refractivity contribution in [3.05, 3.63) is 23.9 Å². The Morgan fingerprint density at radius 1 is 1.46 bits per heavy atom. The average molecular weight is 402 g/mol. The molecule has 3 heterocycles. The Morgan fingerprint density at radius 3 is 2.96 bits per heavy atom. The third-order valence-corrected chi connectivity index (χ3v) is 4.89. The first-order valence-corrected chi connectivity index (χ1v) is 8.78. The maximum absolute atomic E-state index is 13.4. The number of carbonyl (C=O) groups excluding carboxylic acids is 2. The van der Waals surface area contributed by atoms with Gasteiger partial charge in [-0.05, 0) is 30.0 Å². The number of methoxy groups -OCH3 is 1. The van der Waals surface area contributed by atoms with Crippen LogP contribution in [-0.4, -0.2) is 67.1 Å². The first-order chi connectivity index (χ1) is 13.3. The predicted molar refractivity (Wildman–Crippen MR) is 91.5 cm³/mol. The lowest BCUT2D eigenvalue weighted by Crippen LogP contribution is -2.63. The molecule has 2 amide bonds. The molecule has 2 fully saturated rings. The van der Waals surface area contributed by atoms with Gasteiger partial charge in [0.2, 0.25) is 5.91 Å². The van der Waals surface area contributed by atoms with Crippen LogP contribution in [0.25, 0.3) is 0 Å². The Hall–Kier alpha value is -2.40. The summed E-state index contributed by atoms with van der Waals surface area (Å²) in [5.41, 5.74) is 0.707. The number of alkyl halides is 3. The molecular formula is C17H21F3N4O4. The number of rotatable bonds is 3. The maximum atomic E-state index is 13.4. The molecule has 2 aliphatic heterocycles. The van der Waals surface area contributed by atoms with Crippen LogP contribution in [0.4, 0.5) is 23.8 Å². The summed E-state index contributed by atoms with van der Waals surface area (Å²) < 4.78 is 49.6. The number of hydrogen-bond acceptors (Lipinski definition) is 6. The van der Waals surface area contributed by atoms with Gasteiger partial charge in [0.1, 0.15) is 11.9 Å².